The van der Waals surface area contributed by atoms with E-state index >= 15 is 0 Å². The van der Waals surface area contributed by atoms with E-state index in [0.717, 1.165) is 38.4 Å². The third-order valence-electron chi connectivity index (χ3n) is 2.95. The summed E-state index contributed by atoms with van der Waals surface area (Å²) in [6.45, 7) is 4.16. The van der Waals surface area contributed by atoms with Gasteiger partial charge in [0.2, 0.25) is 0 Å². The molecule has 0 N–H and O–H groups in total. The molecule has 0 aromatic rings. The Labute approximate surface area is 117 Å². The third kappa shape index (κ3) is 10.7. The summed E-state index contributed by atoms with van der Waals surface area (Å²) in [6.07, 6.45) is 10.8. The van der Waals surface area contributed by atoms with Crippen LogP contribution < -0.4 is 0 Å². The summed E-state index contributed by atoms with van der Waals surface area (Å²) in [5, 5.41) is 0. The minimum atomic E-state index is -0.0970. The van der Waals surface area contributed by atoms with E-state index in [-0.39, 0.29) is 6.29 Å². The predicted octanol–water partition coefficient (Wildman–Crippen LogP) is 4.04. The molecule has 0 radical (unpaired) electrons. The van der Waals surface area contributed by atoms with Gasteiger partial charge in [-0.25, -0.2) is 0 Å². The molecule has 0 bridgehead atoms. The van der Waals surface area contributed by atoms with E-state index in [0.29, 0.717) is 6.42 Å². The molecule has 3 heteroatoms. The molecule has 3 nitrogen and oxygen atoms in total. The lowest BCUT2D eigenvalue weighted by Gasteiger charge is -2.13. The lowest BCUT2D eigenvalue weighted by molar-refractivity contribution is -0.107. The Hall–Kier alpha value is -0.930. The van der Waals surface area contributed by atoms with Crippen molar-refractivity contribution in [2.75, 3.05) is 14.2 Å². The lowest BCUT2D eigenvalue weighted by Crippen LogP contribution is -2.12. The number of allylic oxidation sites excluding steroid dienone is 4. The lowest BCUT2D eigenvalue weighted by atomic mass is 10.0. The Balaban J connectivity index is 4.08. The molecule has 0 unspecified atom stereocenters. The van der Waals surface area contributed by atoms with Gasteiger partial charge in [-0.05, 0) is 46.0 Å². The molecule has 0 aliphatic heterocycles. The summed E-state index contributed by atoms with van der Waals surface area (Å²) < 4.78 is 10.3. The van der Waals surface area contributed by atoms with Crippen molar-refractivity contribution in [3.05, 3.63) is 23.3 Å². The van der Waals surface area contributed by atoms with Crippen LogP contribution in [0.2, 0.25) is 0 Å². The van der Waals surface area contributed by atoms with Gasteiger partial charge in [0.25, 0.3) is 0 Å². The SMILES string of the molecule is COC(CCCC/C(=C/C=C(C)C)CCC=O)OC. The number of carbonyl (C=O) groups excluding carboxylic acids is 1. The van der Waals surface area contributed by atoms with Crippen LogP contribution in [0.5, 0.6) is 0 Å². The normalized spacial score (nSPS) is 11.7. The molecule has 0 spiro atoms. The Morgan fingerprint density at radius 3 is 2.26 bits per heavy atom. The molecular weight excluding hydrogens is 240 g/mol. The van der Waals surface area contributed by atoms with Crippen LogP contribution in [-0.2, 0) is 14.3 Å². The van der Waals surface area contributed by atoms with Crippen molar-refractivity contribution in [1.82, 2.24) is 0 Å². The van der Waals surface area contributed by atoms with Crippen LogP contribution in [0, 0.1) is 0 Å². The van der Waals surface area contributed by atoms with Crippen LogP contribution in [0.4, 0.5) is 0 Å². The van der Waals surface area contributed by atoms with Crippen LogP contribution in [0.1, 0.15) is 52.4 Å². The number of hydrogen-bond acceptors (Lipinski definition) is 3. The number of carbonyl (C=O) groups is 1. The Kier molecular flexibility index (Phi) is 11.5. The van der Waals surface area contributed by atoms with E-state index in [1.807, 2.05) is 0 Å². The molecule has 0 heterocycles. The molecule has 0 fully saturated rings. The van der Waals surface area contributed by atoms with Gasteiger partial charge in [0.15, 0.2) is 6.29 Å². The minimum Gasteiger partial charge on any atom is -0.356 e. The molecule has 0 aliphatic rings. The highest BCUT2D eigenvalue weighted by atomic mass is 16.7. The number of methoxy groups -OCH3 is 2. The second kappa shape index (κ2) is 12.1. The van der Waals surface area contributed by atoms with Gasteiger partial charge in [0.05, 0.1) is 0 Å². The summed E-state index contributed by atoms with van der Waals surface area (Å²) in [6, 6.07) is 0. The Morgan fingerprint density at radius 2 is 1.74 bits per heavy atom. The summed E-state index contributed by atoms with van der Waals surface area (Å²) in [4.78, 5) is 10.5. The van der Waals surface area contributed by atoms with Crippen molar-refractivity contribution in [2.45, 2.75) is 58.7 Å². The number of ether oxygens (including phenoxy) is 2. The van der Waals surface area contributed by atoms with Gasteiger partial charge in [0, 0.05) is 20.6 Å². The maximum atomic E-state index is 10.5. The van der Waals surface area contributed by atoms with Crippen molar-refractivity contribution >= 4 is 6.29 Å². The molecule has 0 saturated carbocycles. The van der Waals surface area contributed by atoms with Crippen LogP contribution >= 0.6 is 0 Å². The number of hydrogen-bond donors (Lipinski definition) is 0. The van der Waals surface area contributed by atoms with Crippen molar-refractivity contribution in [1.29, 1.82) is 0 Å². The molecule has 110 valence electrons. The average Bonchev–Trinajstić information content (AvgIpc) is 2.40. The molecule has 0 atom stereocenters. The fourth-order valence-corrected chi connectivity index (χ4v) is 1.82. The molecule has 0 aromatic heterocycles. The first-order chi connectivity index (χ1) is 9.13. The van der Waals surface area contributed by atoms with Gasteiger partial charge >= 0.3 is 0 Å². The summed E-state index contributed by atoms with van der Waals surface area (Å²) in [7, 11) is 3.33. The second-order valence-corrected chi connectivity index (χ2v) is 4.92. The van der Waals surface area contributed by atoms with Crippen molar-refractivity contribution in [3.8, 4) is 0 Å². The van der Waals surface area contributed by atoms with Crippen molar-refractivity contribution in [3.63, 3.8) is 0 Å². The van der Waals surface area contributed by atoms with Crippen LogP contribution in [0.15, 0.2) is 23.3 Å². The monoisotopic (exact) mass is 268 g/mol. The average molecular weight is 268 g/mol. The van der Waals surface area contributed by atoms with Crippen molar-refractivity contribution in [2.24, 2.45) is 0 Å². The molecule has 0 aliphatic carbocycles. The summed E-state index contributed by atoms with van der Waals surface area (Å²) in [5.41, 5.74) is 2.63. The van der Waals surface area contributed by atoms with E-state index in [4.69, 9.17) is 9.47 Å². The maximum Gasteiger partial charge on any atom is 0.156 e. The van der Waals surface area contributed by atoms with E-state index in [1.54, 1.807) is 14.2 Å². The highest BCUT2D eigenvalue weighted by Crippen LogP contribution is 2.16. The van der Waals surface area contributed by atoms with Gasteiger partial charge in [0.1, 0.15) is 6.29 Å². The molecule has 19 heavy (non-hydrogen) atoms. The largest absolute Gasteiger partial charge is 0.356 e. The first kappa shape index (κ1) is 18.1. The zero-order chi connectivity index (χ0) is 14.5. The van der Waals surface area contributed by atoms with Gasteiger partial charge in [-0.1, -0.05) is 23.3 Å². The highest BCUT2D eigenvalue weighted by molar-refractivity contribution is 5.49. The van der Waals surface area contributed by atoms with Gasteiger partial charge in [-0.3, -0.25) is 0 Å². The summed E-state index contributed by atoms with van der Waals surface area (Å²) in [5.74, 6) is 0. The molecular formula is C16H28O3. The van der Waals surface area contributed by atoms with E-state index in [9.17, 15) is 4.79 Å². The van der Waals surface area contributed by atoms with Crippen LogP contribution in [0.25, 0.3) is 0 Å². The maximum absolute atomic E-state index is 10.5. The number of aldehydes is 1. The Morgan fingerprint density at radius 1 is 1.05 bits per heavy atom. The number of rotatable bonds is 11. The van der Waals surface area contributed by atoms with E-state index in [2.05, 4.69) is 26.0 Å². The zero-order valence-electron chi connectivity index (χ0n) is 12.8. The predicted molar refractivity (Wildman–Crippen MR) is 79.1 cm³/mol. The molecule has 0 aromatic carbocycles. The minimum absolute atomic E-state index is 0.0970. The van der Waals surface area contributed by atoms with E-state index < -0.39 is 0 Å². The quantitative estimate of drug-likeness (QED) is 0.245. The second-order valence-electron chi connectivity index (χ2n) is 4.92. The number of unbranched alkanes of at least 4 members (excludes halogenated alkanes) is 1. The standard InChI is InChI=1S/C16H28O3/c1-14(2)11-12-15(9-7-13-17)8-5-6-10-16(18-3)19-4/h11-13,16H,5-10H2,1-4H3/b15-12-. The molecule has 0 saturated heterocycles. The first-order valence-electron chi connectivity index (χ1n) is 6.96. The van der Waals surface area contributed by atoms with Gasteiger partial charge < -0.3 is 14.3 Å². The van der Waals surface area contributed by atoms with Crippen molar-refractivity contribution < 1.29 is 14.3 Å². The highest BCUT2D eigenvalue weighted by Gasteiger charge is 2.04. The summed E-state index contributed by atoms with van der Waals surface area (Å²) >= 11 is 0. The van der Waals surface area contributed by atoms with Gasteiger partial charge in [-0.15, -0.1) is 0 Å². The fraction of sp³-hybridized carbons (Fsp3) is 0.688. The van der Waals surface area contributed by atoms with Crippen LogP contribution in [-0.4, -0.2) is 26.8 Å². The molecule has 0 amide bonds. The smallest absolute Gasteiger partial charge is 0.156 e. The Bertz CT molecular complexity index is 284. The zero-order valence-corrected chi connectivity index (χ0v) is 12.8. The third-order valence-corrected chi connectivity index (χ3v) is 2.95. The van der Waals surface area contributed by atoms with Crippen LogP contribution in [0.3, 0.4) is 0 Å². The topological polar surface area (TPSA) is 35.5 Å². The fourth-order valence-electron chi connectivity index (χ4n) is 1.82. The molecule has 0 rings (SSSR count). The first-order valence-corrected chi connectivity index (χ1v) is 6.96. The van der Waals surface area contributed by atoms with Gasteiger partial charge in [-0.2, -0.15) is 0 Å². The van der Waals surface area contributed by atoms with E-state index in [1.165, 1.54) is 11.1 Å².